The standard InChI is InChI=1S/C15H19NO4/c1-10(17)13-6-5-12(19-2)7-14(13)20-9-15(18)16-8-11-3-4-11/h5-7,11H,3-4,8-9H2,1-2H3,(H,16,18). The molecule has 1 amide bonds. The molecule has 0 heterocycles. The van der Waals surface area contributed by atoms with Crippen molar-refractivity contribution in [2.75, 3.05) is 20.3 Å². The van der Waals surface area contributed by atoms with Gasteiger partial charge in [-0.05, 0) is 37.8 Å². The van der Waals surface area contributed by atoms with E-state index in [1.54, 1.807) is 18.2 Å². The van der Waals surface area contributed by atoms with Crippen LogP contribution in [-0.4, -0.2) is 32.0 Å². The molecule has 0 bridgehead atoms. The Balaban J connectivity index is 1.95. The largest absolute Gasteiger partial charge is 0.497 e. The molecule has 1 aromatic rings. The Kier molecular flexibility index (Phi) is 4.61. The summed E-state index contributed by atoms with van der Waals surface area (Å²) in [4.78, 5) is 23.1. The van der Waals surface area contributed by atoms with E-state index < -0.39 is 0 Å². The smallest absolute Gasteiger partial charge is 0.257 e. The van der Waals surface area contributed by atoms with Crippen molar-refractivity contribution < 1.29 is 19.1 Å². The molecule has 2 rings (SSSR count). The number of carbonyl (C=O) groups is 2. The highest BCUT2D eigenvalue weighted by atomic mass is 16.5. The molecule has 1 aromatic carbocycles. The number of hydrogen-bond acceptors (Lipinski definition) is 4. The van der Waals surface area contributed by atoms with Gasteiger partial charge in [0.15, 0.2) is 12.4 Å². The molecule has 0 saturated heterocycles. The van der Waals surface area contributed by atoms with Crippen molar-refractivity contribution in [1.82, 2.24) is 5.32 Å². The van der Waals surface area contributed by atoms with Crippen LogP contribution in [0.3, 0.4) is 0 Å². The molecule has 0 unspecified atom stereocenters. The molecular weight excluding hydrogens is 258 g/mol. The Labute approximate surface area is 118 Å². The quantitative estimate of drug-likeness (QED) is 0.772. The summed E-state index contributed by atoms with van der Waals surface area (Å²) in [6.07, 6.45) is 2.37. The van der Waals surface area contributed by atoms with E-state index in [1.807, 2.05) is 0 Å². The van der Waals surface area contributed by atoms with Gasteiger partial charge in [0.05, 0.1) is 12.7 Å². The van der Waals surface area contributed by atoms with Crippen LogP contribution in [0.25, 0.3) is 0 Å². The lowest BCUT2D eigenvalue weighted by molar-refractivity contribution is -0.123. The van der Waals surface area contributed by atoms with Gasteiger partial charge >= 0.3 is 0 Å². The molecule has 5 heteroatoms. The maximum Gasteiger partial charge on any atom is 0.257 e. The zero-order valence-electron chi connectivity index (χ0n) is 11.8. The Morgan fingerprint density at radius 1 is 1.35 bits per heavy atom. The zero-order valence-corrected chi connectivity index (χ0v) is 11.8. The van der Waals surface area contributed by atoms with E-state index in [0.717, 1.165) is 0 Å². The van der Waals surface area contributed by atoms with Gasteiger partial charge in [-0.1, -0.05) is 0 Å². The average molecular weight is 277 g/mol. The third kappa shape index (κ3) is 3.98. The monoisotopic (exact) mass is 277 g/mol. The van der Waals surface area contributed by atoms with E-state index in [4.69, 9.17) is 9.47 Å². The van der Waals surface area contributed by atoms with E-state index in [9.17, 15) is 9.59 Å². The van der Waals surface area contributed by atoms with Crippen LogP contribution >= 0.6 is 0 Å². The number of hydrogen-bond donors (Lipinski definition) is 1. The highest BCUT2D eigenvalue weighted by Crippen LogP contribution is 2.27. The molecule has 5 nitrogen and oxygen atoms in total. The van der Waals surface area contributed by atoms with Gasteiger partial charge in [0.1, 0.15) is 11.5 Å². The minimum absolute atomic E-state index is 0.0971. The summed E-state index contributed by atoms with van der Waals surface area (Å²) in [5.41, 5.74) is 0.445. The molecule has 20 heavy (non-hydrogen) atoms. The fourth-order valence-corrected chi connectivity index (χ4v) is 1.81. The van der Waals surface area contributed by atoms with E-state index in [1.165, 1.54) is 26.9 Å². The van der Waals surface area contributed by atoms with E-state index in [2.05, 4.69) is 5.32 Å². The second-order valence-corrected chi connectivity index (χ2v) is 4.95. The fraction of sp³-hybridized carbons (Fsp3) is 0.467. The number of rotatable bonds is 7. The number of Topliss-reactive ketones (excluding diaryl/α,β-unsaturated/α-hetero) is 1. The summed E-state index contributed by atoms with van der Waals surface area (Å²) in [5, 5.41) is 2.81. The Bertz CT molecular complexity index is 509. The highest BCUT2D eigenvalue weighted by molar-refractivity contribution is 5.97. The van der Waals surface area contributed by atoms with Crippen LogP contribution in [-0.2, 0) is 4.79 Å². The molecule has 0 aliphatic heterocycles. The lowest BCUT2D eigenvalue weighted by Gasteiger charge is -2.11. The SMILES string of the molecule is COc1ccc(C(C)=O)c(OCC(=O)NCC2CC2)c1. The number of amides is 1. The van der Waals surface area contributed by atoms with Gasteiger partial charge in [-0.3, -0.25) is 9.59 Å². The summed E-state index contributed by atoms with van der Waals surface area (Å²) in [5.74, 6) is 1.31. The van der Waals surface area contributed by atoms with Crippen molar-refractivity contribution in [3.05, 3.63) is 23.8 Å². The molecule has 108 valence electrons. The van der Waals surface area contributed by atoms with E-state index in [-0.39, 0.29) is 18.3 Å². The van der Waals surface area contributed by atoms with Gasteiger partial charge in [0, 0.05) is 12.6 Å². The predicted molar refractivity (Wildman–Crippen MR) is 74.2 cm³/mol. The molecular formula is C15H19NO4. The average Bonchev–Trinajstić information content (AvgIpc) is 3.26. The summed E-state index contributed by atoms with van der Waals surface area (Å²) in [6.45, 7) is 2.07. The molecule has 1 aliphatic carbocycles. The molecule has 1 aliphatic rings. The van der Waals surface area contributed by atoms with E-state index >= 15 is 0 Å². The minimum atomic E-state index is -0.172. The molecule has 0 spiro atoms. The zero-order chi connectivity index (χ0) is 14.5. The molecule has 1 fully saturated rings. The Morgan fingerprint density at radius 3 is 2.70 bits per heavy atom. The Hall–Kier alpha value is -2.04. The fourth-order valence-electron chi connectivity index (χ4n) is 1.81. The van der Waals surface area contributed by atoms with E-state index in [0.29, 0.717) is 29.5 Å². The third-order valence-corrected chi connectivity index (χ3v) is 3.21. The first-order valence-electron chi connectivity index (χ1n) is 6.68. The van der Waals surface area contributed by atoms with Gasteiger partial charge < -0.3 is 14.8 Å². The molecule has 1 saturated carbocycles. The van der Waals surface area contributed by atoms with Crippen LogP contribution in [0.1, 0.15) is 30.1 Å². The second kappa shape index (κ2) is 6.41. The van der Waals surface area contributed by atoms with Crippen LogP contribution in [0.5, 0.6) is 11.5 Å². The number of benzene rings is 1. The van der Waals surface area contributed by atoms with Crippen LogP contribution in [0.4, 0.5) is 0 Å². The van der Waals surface area contributed by atoms with Crippen molar-refractivity contribution in [3.8, 4) is 11.5 Å². The van der Waals surface area contributed by atoms with Gasteiger partial charge in [-0.15, -0.1) is 0 Å². The first-order valence-corrected chi connectivity index (χ1v) is 6.68. The van der Waals surface area contributed by atoms with Crippen molar-refractivity contribution in [3.63, 3.8) is 0 Å². The summed E-state index contributed by atoms with van der Waals surface area (Å²) in [7, 11) is 1.54. The summed E-state index contributed by atoms with van der Waals surface area (Å²) >= 11 is 0. The lowest BCUT2D eigenvalue weighted by atomic mass is 10.1. The molecule has 0 radical (unpaired) electrons. The second-order valence-electron chi connectivity index (χ2n) is 4.95. The maximum atomic E-state index is 11.6. The lowest BCUT2D eigenvalue weighted by Crippen LogP contribution is -2.30. The van der Waals surface area contributed by atoms with Crippen LogP contribution in [0, 0.1) is 5.92 Å². The Morgan fingerprint density at radius 2 is 2.10 bits per heavy atom. The van der Waals surface area contributed by atoms with Gasteiger partial charge in [-0.25, -0.2) is 0 Å². The highest BCUT2D eigenvalue weighted by Gasteiger charge is 2.21. The number of methoxy groups -OCH3 is 1. The minimum Gasteiger partial charge on any atom is -0.497 e. The van der Waals surface area contributed by atoms with Crippen LogP contribution in [0.15, 0.2) is 18.2 Å². The van der Waals surface area contributed by atoms with Gasteiger partial charge in [0.25, 0.3) is 5.91 Å². The topological polar surface area (TPSA) is 64.6 Å². The number of nitrogens with one attached hydrogen (secondary N) is 1. The molecule has 0 aromatic heterocycles. The van der Waals surface area contributed by atoms with Crippen LogP contribution < -0.4 is 14.8 Å². The van der Waals surface area contributed by atoms with Crippen molar-refractivity contribution in [2.24, 2.45) is 5.92 Å². The third-order valence-electron chi connectivity index (χ3n) is 3.21. The summed E-state index contributed by atoms with van der Waals surface area (Å²) in [6, 6.07) is 4.94. The first kappa shape index (κ1) is 14.4. The van der Waals surface area contributed by atoms with Crippen LogP contribution in [0.2, 0.25) is 0 Å². The number of carbonyl (C=O) groups excluding carboxylic acids is 2. The van der Waals surface area contributed by atoms with Gasteiger partial charge in [0.2, 0.25) is 0 Å². The maximum absolute atomic E-state index is 11.6. The van der Waals surface area contributed by atoms with Crippen molar-refractivity contribution in [1.29, 1.82) is 0 Å². The van der Waals surface area contributed by atoms with Crippen molar-refractivity contribution in [2.45, 2.75) is 19.8 Å². The van der Waals surface area contributed by atoms with Crippen molar-refractivity contribution >= 4 is 11.7 Å². The number of ether oxygens (including phenoxy) is 2. The van der Waals surface area contributed by atoms with Gasteiger partial charge in [-0.2, -0.15) is 0 Å². The molecule has 0 atom stereocenters. The first-order chi connectivity index (χ1) is 9.60. The summed E-state index contributed by atoms with van der Waals surface area (Å²) < 4.78 is 10.5. The predicted octanol–water partition coefficient (Wildman–Crippen LogP) is 1.80. The number of ketones is 1. The molecule has 1 N–H and O–H groups in total. The normalized spacial score (nSPS) is 13.7.